The number of carbonyl (C=O) groups excluding carboxylic acids is 1. The lowest BCUT2D eigenvalue weighted by molar-refractivity contribution is 0.0787. The summed E-state index contributed by atoms with van der Waals surface area (Å²) < 4.78 is 46.7. The average Bonchev–Trinajstić information content (AvgIpc) is 3.63. The molecule has 0 radical (unpaired) electrons. The lowest BCUT2D eigenvalue weighted by Crippen LogP contribution is -2.30. The first-order chi connectivity index (χ1) is 20.6. The van der Waals surface area contributed by atoms with Crippen LogP contribution in [0.25, 0.3) is 21.8 Å². The zero-order chi connectivity index (χ0) is 30.6. The van der Waals surface area contributed by atoms with Crippen molar-refractivity contribution in [3.05, 3.63) is 127 Å². The minimum atomic E-state index is -0.932. The van der Waals surface area contributed by atoms with E-state index in [-0.39, 0.29) is 57.8 Å². The van der Waals surface area contributed by atoms with Crippen molar-refractivity contribution in [3.63, 3.8) is 0 Å². The Balaban J connectivity index is 1.38. The smallest absolute Gasteiger partial charge is 0.274 e. The van der Waals surface area contributed by atoms with Crippen LogP contribution in [0.4, 0.5) is 13.2 Å². The van der Waals surface area contributed by atoms with Crippen LogP contribution in [-0.4, -0.2) is 39.5 Å². The van der Waals surface area contributed by atoms with Gasteiger partial charge in [-0.05, 0) is 79.1 Å². The van der Waals surface area contributed by atoms with E-state index in [1.165, 1.54) is 46.0 Å². The van der Waals surface area contributed by atoms with Gasteiger partial charge in [-0.1, -0.05) is 29.8 Å². The van der Waals surface area contributed by atoms with Gasteiger partial charge in [-0.2, -0.15) is 0 Å². The van der Waals surface area contributed by atoms with Gasteiger partial charge in [-0.25, -0.2) is 19.7 Å². The molecule has 2 aromatic carbocycles. The summed E-state index contributed by atoms with van der Waals surface area (Å²) in [6, 6.07) is 11.8. The number of aryl methyl sites for hydroxylation is 2. The number of carbonyl (C=O) groups is 1. The van der Waals surface area contributed by atoms with Gasteiger partial charge in [0.15, 0.2) is 5.82 Å². The third-order valence-corrected chi connectivity index (χ3v) is 8.75. The van der Waals surface area contributed by atoms with Gasteiger partial charge in [0.1, 0.15) is 22.4 Å². The third-order valence-electron chi connectivity index (χ3n) is 8.37. The van der Waals surface area contributed by atoms with E-state index >= 15 is 8.78 Å². The Kier molecular flexibility index (Phi) is 7.35. The molecular formula is C33H26ClF3N4O2. The van der Waals surface area contributed by atoms with E-state index in [4.69, 9.17) is 18.2 Å². The Morgan fingerprint density at radius 1 is 1.07 bits per heavy atom. The molecule has 10 heteroatoms. The summed E-state index contributed by atoms with van der Waals surface area (Å²) in [7, 11) is 0. The Morgan fingerprint density at radius 2 is 1.81 bits per heavy atom. The van der Waals surface area contributed by atoms with Crippen molar-refractivity contribution in [2.75, 3.05) is 13.1 Å². The number of amides is 1. The van der Waals surface area contributed by atoms with Crippen molar-refractivity contribution >= 4 is 17.5 Å². The molecule has 0 spiro atoms. The molecule has 0 unspecified atom stereocenters. The van der Waals surface area contributed by atoms with E-state index in [9.17, 15) is 14.0 Å². The molecule has 2 aromatic heterocycles. The molecule has 6 nitrogen and oxygen atoms in total. The van der Waals surface area contributed by atoms with Gasteiger partial charge >= 0.3 is 0 Å². The fraction of sp³-hybridized carbons (Fsp3) is 0.273. The molecule has 0 N–H and O–H groups in total. The summed E-state index contributed by atoms with van der Waals surface area (Å²) in [4.78, 5) is 35.8. The van der Waals surface area contributed by atoms with E-state index < -0.39 is 23.1 Å². The second kappa shape index (κ2) is 11.0. The maximum atomic E-state index is 16.3. The maximum Gasteiger partial charge on any atom is 0.274 e. The minimum Gasteiger partial charge on any atom is -0.330 e. The molecule has 1 saturated carbocycles. The third kappa shape index (κ3) is 5.00. The molecule has 2 fully saturated rings. The normalized spacial score (nSPS) is 19.4. The highest BCUT2D eigenvalue weighted by atomic mass is 35.5. The monoisotopic (exact) mass is 602 g/mol. The van der Waals surface area contributed by atoms with Gasteiger partial charge in [0.05, 0.1) is 17.8 Å². The predicted molar refractivity (Wildman–Crippen MR) is 157 cm³/mol. The zero-order valence-electron chi connectivity index (χ0n) is 23.4. The van der Waals surface area contributed by atoms with Crippen LogP contribution in [0.1, 0.15) is 57.4 Å². The Labute approximate surface area is 251 Å². The minimum absolute atomic E-state index is 0.0343. The quantitative estimate of drug-likeness (QED) is 0.231. The van der Waals surface area contributed by atoms with Gasteiger partial charge in [0, 0.05) is 30.4 Å². The lowest BCUT2D eigenvalue weighted by atomic mass is 10.0. The first-order valence-corrected chi connectivity index (χ1v) is 14.3. The Hall–Kier alpha value is -4.42. The topological polar surface area (TPSA) is 59.6 Å². The first-order valence-electron chi connectivity index (χ1n) is 13.9. The van der Waals surface area contributed by atoms with Gasteiger partial charge in [0.25, 0.3) is 11.5 Å². The largest absolute Gasteiger partial charge is 0.330 e. The van der Waals surface area contributed by atoms with E-state index in [0.29, 0.717) is 29.8 Å². The summed E-state index contributed by atoms with van der Waals surface area (Å²) in [6.45, 7) is 11.0. The summed E-state index contributed by atoms with van der Waals surface area (Å²) in [5, 5.41) is -0.0421. The second-order valence-electron chi connectivity index (χ2n) is 11.1. The van der Waals surface area contributed by atoms with Crippen LogP contribution in [0.15, 0.2) is 59.5 Å². The second-order valence-corrected chi connectivity index (χ2v) is 11.5. The highest BCUT2D eigenvalue weighted by Crippen LogP contribution is 2.55. The van der Waals surface area contributed by atoms with Gasteiger partial charge < -0.3 is 9.74 Å². The zero-order valence-corrected chi connectivity index (χ0v) is 24.1. The SMILES string of the molecule is [C-]#[N+][C@H]1CCN(C(=O)c2cccc(-c3ncc(C)c(-n4c(C)cc([C@H]5C[C@@H]5c5ccc(F)cc5)c(Cl)c4=O)c3F)c2F)C1. The van der Waals surface area contributed by atoms with Crippen molar-refractivity contribution in [2.24, 2.45) is 0 Å². The number of halogens is 4. The lowest BCUT2D eigenvalue weighted by Gasteiger charge is -2.19. The summed E-state index contributed by atoms with van der Waals surface area (Å²) in [6.07, 6.45) is 2.60. The van der Waals surface area contributed by atoms with Gasteiger partial charge in [0.2, 0.25) is 6.04 Å². The molecule has 3 atom stereocenters. The van der Waals surface area contributed by atoms with Crippen LogP contribution in [0.3, 0.4) is 0 Å². The number of rotatable bonds is 5. The van der Waals surface area contributed by atoms with Crippen LogP contribution < -0.4 is 5.56 Å². The van der Waals surface area contributed by atoms with Crippen molar-refractivity contribution in [3.8, 4) is 16.9 Å². The number of benzene rings is 2. The van der Waals surface area contributed by atoms with E-state index in [1.807, 2.05) is 0 Å². The highest BCUT2D eigenvalue weighted by Gasteiger charge is 2.41. The molecule has 4 aromatic rings. The van der Waals surface area contributed by atoms with Crippen LogP contribution >= 0.6 is 11.6 Å². The Bertz CT molecular complexity index is 1880. The molecule has 6 rings (SSSR count). The summed E-state index contributed by atoms with van der Waals surface area (Å²) in [5.41, 5.74) is 0.813. The number of hydrogen-bond acceptors (Lipinski definition) is 3. The summed E-state index contributed by atoms with van der Waals surface area (Å²) >= 11 is 6.61. The fourth-order valence-electron chi connectivity index (χ4n) is 6.01. The molecule has 3 heterocycles. The molecule has 1 amide bonds. The molecule has 218 valence electrons. The molecular weight excluding hydrogens is 577 g/mol. The maximum absolute atomic E-state index is 16.3. The summed E-state index contributed by atoms with van der Waals surface area (Å²) in [5.74, 6) is -2.71. The highest BCUT2D eigenvalue weighted by molar-refractivity contribution is 6.31. The van der Waals surface area contributed by atoms with Crippen LogP contribution in [0.2, 0.25) is 5.02 Å². The number of nitrogens with zero attached hydrogens (tertiary/aromatic N) is 4. The van der Waals surface area contributed by atoms with Crippen molar-refractivity contribution < 1.29 is 18.0 Å². The van der Waals surface area contributed by atoms with Crippen molar-refractivity contribution in [2.45, 2.75) is 44.6 Å². The molecule has 43 heavy (non-hydrogen) atoms. The van der Waals surface area contributed by atoms with Crippen molar-refractivity contribution in [1.29, 1.82) is 0 Å². The van der Waals surface area contributed by atoms with Crippen molar-refractivity contribution in [1.82, 2.24) is 14.5 Å². The number of hydrogen-bond donors (Lipinski definition) is 0. The molecule has 1 aliphatic heterocycles. The predicted octanol–water partition coefficient (Wildman–Crippen LogP) is 6.99. The number of pyridine rings is 2. The fourth-order valence-corrected chi connectivity index (χ4v) is 6.29. The van der Waals surface area contributed by atoms with E-state index in [2.05, 4.69) is 9.83 Å². The molecule has 0 bridgehead atoms. The average molecular weight is 603 g/mol. The number of likely N-dealkylation sites (tertiary alicyclic amines) is 1. The van der Waals surface area contributed by atoms with Crippen LogP contribution in [0, 0.1) is 37.9 Å². The van der Waals surface area contributed by atoms with E-state index in [0.717, 1.165) is 12.0 Å². The standard InChI is InChI=1S/C33H26ClF3N4O2/c1-17-15-39-30(22-5-4-6-23(28(22)36)32(42)40-12-11-21(16-40)38-3)29(37)31(17)41-18(2)13-26(27(34)33(41)43)25-14-24(25)19-7-9-20(35)10-8-19/h4-10,13,15,21,24-25H,11-12,14,16H2,1-2H3/t21-,24+,25-/m0/s1. The molecule has 2 aliphatic rings. The first kappa shape index (κ1) is 28.7. The molecule has 1 aliphatic carbocycles. The molecule has 1 saturated heterocycles. The van der Waals surface area contributed by atoms with E-state index in [1.54, 1.807) is 32.0 Å². The van der Waals surface area contributed by atoms with Gasteiger partial charge in [-0.15, -0.1) is 0 Å². The van der Waals surface area contributed by atoms with Gasteiger partial charge in [-0.3, -0.25) is 19.1 Å². The number of aromatic nitrogens is 2. The Morgan fingerprint density at radius 3 is 2.51 bits per heavy atom. The van der Waals surface area contributed by atoms with Crippen LogP contribution in [0.5, 0.6) is 0 Å². The van der Waals surface area contributed by atoms with Crippen LogP contribution in [-0.2, 0) is 0 Å².